The highest BCUT2D eigenvalue weighted by atomic mass is 16.1. The van der Waals surface area contributed by atoms with Crippen molar-refractivity contribution in [3.63, 3.8) is 0 Å². The summed E-state index contributed by atoms with van der Waals surface area (Å²) in [6.07, 6.45) is 5.69. The molecule has 0 spiro atoms. The lowest BCUT2D eigenvalue weighted by Crippen LogP contribution is -2.35. The van der Waals surface area contributed by atoms with E-state index >= 15 is 0 Å². The van der Waals surface area contributed by atoms with E-state index in [1.54, 1.807) is 12.1 Å². The van der Waals surface area contributed by atoms with Crippen molar-refractivity contribution in [2.75, 3.05) is 24.1 Å². The number of anilines is 2. The van der Waals surface area contributed by atoms with E-state index in [9.17, 15) is 4.79 Å². The number of nitrogen functional groups attached to an aromatic ring is 1. The Hall–Kier alpha value is -1.55. The SMILES string of the molecule is CC1CCCCCN1CCC(=O)Nc1ccc(N)cc1. The van der Waals surface area contributed by atoms with Crippen LogP contribution in [0, 0.1) is 0 Å². The number of nitrogens with zero attached hydrogens (tertiary/aromatic N) is 1. The van der Waals surface area contributed by atoms with Gasteiger partial charge in [-0.3, -0.25) is 4.79 Å². The van der Waals surface area contributed by atoms with Crippen LogP contribution >= 0.6 is 0 Å². The summed E-state index contributed by atoms with van der Waals surface area (Å²) >= 11 is 0. The van der Waals surface area contributed by atoms with Crippen LogP contribution in [0.3, 0.4) is 0 Å². The molecule has 3 N–H and O–H groups in total. The fraction of sp³-hybridized carbons (Fsp3) is 0.562. The summed E-state index contributed by atoms with van der Waals surface area (Å²) in [6, 6.07) is 7.87. The van der Waals surface area contributed by atoms with Crippen LogP contribution in [0.5, 0.6) is 0 Å². The van der Waals surface area contributed by atoms with Gasteiger partial charge in [0.25, 0.3) is 0 Å². The van der Waals surface area contributed by atoms with Crippen LogP contribution in [0.1, 0.15) is 39.0 Å². The molecule has 4 nitrogen and oxygen atoms in total. The lowest BCUT2D eigenvalue weighted by Gasteiger charge is -2.26. The third-order valence-electron chi connectivity index (χ3n) is 4.01. The molecule has 1 aliphatic heterocycles. The van der Waals surface area contributed by atoms with E-state index in [-0.39, 0.29) is 5.91 Å². The highest BCUT2D eigenvalue weighted by molar-refractivity contribution is 5.90. The first-order chi connectivity index (χ1) is 9.65. The average molecular weight is 275 g/mol. The number of hydrogen-bond donors (Lipinski definition) is 2. The van der Waals surface area contributed by atoms with Crippen LogP contribution in [0.2, 0.25) is 0 Å². The number of benzene rings is 1. The van der Waals surface area contributed by atoms with Crippen LogP contribution in [0.25, 0.3) is 0 Å². The second-order valence-corrected chi connectivity index (χ2v) is 5.65. The highest BCUT2D eigenvalue weighted by Crippen LogP contribution is 2.17. The van der Waals surface area contributed by atoms with Crippen molar-refractivity contribution in [3.8, 4) is 0 Å². The molecule has 1 unspecified atom stereocenters. The molecule has 20 heavy (non-hydrogen) atoms. The van der Waals surface area contributed by atoms with Gasteiger partial charge < -0.3 is 16.0 Å². The molecule has 4 heteroatoms. The van der Waals surface area contributed by atoms with E-state index in [1.807, 2.05) is 12.1 Å². The Kier molecular flexibility index (Phi) is 5.41. The van der Waals surface area contributed by atoms with E-state index in [0.717, 1.165) is 18.8 Å². The van der Waals surface area contributed by atoms with E-state index in [2.05, 4.69) is 17.1 Å². The average Bonchev–Trinajstić information content (AvgIpc) is 2.64. The first kappa shape index (κ1) is 14.9. The number of rotatable bonds is 4. The largest absolute Gasteiger partial charge is 0.399 e. The standard InChI is InChI=1S/C16H25N3O/c1-13-5-3-2-4-11-19(13)12-10-16(20)18-15-8-6-14(17)7-9-15/h6-9,13H,2-5,10-12,17H2,1H3,(H,18,20). The minimum atomic E-state index is 0.0752. The molecule has 1 saturated heterocycles. The molecule has 0 saturated carbocycles. The molecular weight excluding hydrogens is 250 g/mol. The quantitative estimate of drug-likeness (QED) is 0.831. The van der Waals surface area contributed by atoms with E-state index in [1.165, 1.54) is 25.7 Å². The lowest BCUT2D eigenvalue weighted by atomic mass is 10.1. The van der Waals surface area contributed by atoms with Gasteiger partial charge in [-0.2, -0.15) is 0 Å². The Morgan fingerprint density at radius 3 is 2.80 bits per heavy atom. The summed E-state index contributed by atoms with van der Waals surface area (Å²) in [5, 5.41) is 2.92. The number of carbonyl (C=O) groups is 1. The number of nitrogens with two attached hydrogens (primary N) is 1. The van der Waals surface area contributed by atoms with E-state index < -0.39 is 0 Å². The van der Waals surface area contributed by atoms with Gasteiger partial charge in [-0.25, -0.2) is 0 Å². The molecule has 1 fully saturated rings. The number of likely N-dealkylation sites (tertiary alicyclic amines) is 1. The highest BCUT2D eigenvalue weighted by Gasteiger charge is 2.17. The van der Waals surface area contributed by atoms with Crippen LogP contribution < -0.4 is 11.1 Å². The summed E-state index contributed by atoms with van der Waals surface area (Å²) in [5.74, 6) is 0.0752. The van der Waals surface area contributed by atoms with Crippen molar-refractivity contribution in [3.05, 3.63) is 24.3 Å². The summed E-state index contributed by atoms with van der Waals surface area (Å²) < 4.78 is 0. The van der Waals surface area contributed by atoms with Crippen molar-refractivity contribution in [2.24, 2.45) is 0 Å². The van der Waals surface area contributed by atoms with Gasteiger partial charge in [-0.15, -0.1) is 0 Å². The molecule has 1 heterocycles. The maximum absolute atomic E-state index is 12.0. The van der Waals surface area contributed by atoms with Gasteiger partial charge in [0, 0.05) is 30.4 Å². The van der Waals surface area contributed by atoms with E-state index in [4.69, 9.17) is 5.73 Å². The first-order valence-electron chi connectivity index (χ1n) is 7.54. The zero-order valence-electron chi connectivity index (χ0n) is 12.3. The van der Waals surface area contributed by atoms with Gasteiger partial charge in [-0.1, -0.05) is 12.8 Å². The minimum Gasteiger partial charge on any atom is -0.399 e. The van der Waals surface area contributed by atoms with Gasteiger partial charge in [0.05, 0.1) is 0 Å². The Balaban J connectivity index is 1.78. The normalized spacial score (nSPS) is 20.4. The molecule has 1 atom stereocenters. The van der Waals surface area contributed by atoms with E-state index in [0.29, 0.717) is 18.2 Å². The molecule has 1 aliphatic rings. The van der Waals surface area contributed by atoms with Gasteiger partial charge in [0.2, 0.25) is 5.91 Å². The minimum absolute atomic E-state index is 0.0752. The molecule has 2 rings (SSSR count). The van der Waals surface area contributed by atoms with Crippen molar-refractivity contribution in [1.82, 2.24) is 4.90 Å². The summed E-state index contributed by atoms with van der Waals surface area (Å²) in [6.45, 7) is 4.24. The van der Waals surface area contributed by atoms with Crippen molar-refractivity contribution < 1.29 is 4.79 Å². The van der Waals surface area contributed by atoms with Crippen LogP contribution in [-0.4, -0.2) is 29.9 Å². The van der Waals surface area contributed by atoms with Gasteiger partial charge >= 0.3 is 0 Å². The third-order valence-corrected chi connectivity index (χ3v) is 4.01. The molecule has 0 aromatic heterocycles. The number of carbonyl (C=O) groups excluding carboxylic acids is 1. The number of nitrogens with one attached hydrogen (secondary N) is 1. The molecule has 1 aromatic rings. The van der Waals surface area contributed by atoms with Crippen molar-refractivity contribution >= 4 is 17.3 Å². The number of amides is 1. The van der Waals surface area contributed by atoms with Gasteiger partial charge in [0.15, 0.2) is 0 Å². The topological polar surface area (TPSA) is 58.4 Å². The molecule has 0 aliphatic carbocycles. The Morgan fingerprint density at radius 2 is 2.05 bits per heavy atom. The Morgan fingerprint density at radius 1 is 1.30 bits per heavy atom. The fourth-order valence-electron chi connectivity index (χ4n) is 2.70. The predicted molar refractivity (Wildman–Crippen MR) is 83.6 cm³/mol. The van der Waals surface area contributed by atoms with Crippen molar-refractivity contribution in [2.45, 2.75) is 45.1 Å². The molecule has 0 bridgehead atoms. The molecule has 110 valence electrons. The second kappa shape index (κ2) is 7.29. The Labute approximate surface area is 121 Å². The molecule has 1 amide bonds. The third kappa shape index (κ3) is 4.53. The fourth-order valence-corrected chi connectivity index (χ4v) is 2.70. The lowest BCUT2D eigenvalue weighted by molar-refractivity contribution is -0.116. The predicted octanol–water partition coefficient (Wildman–Crippen LogP) is 2.86. The maximum Gasteiger partial charge on any atom is 0.225 e. The molecule has 0 radical (unpaired) electrons. The molecule has 1 aromatic carbocycles. The van der Waals surface area contributed by atoms with Gasteiger partial charge in [0.1, 0.15) is 0 Å². The molecular formula is C16H25N3O. The first-order valence-corrected chi connectivity index (χ1v) is 7.54. The van der Waals surface area contributed by atoms with Crippen molar-refractivity contribution in [1.29, 1.82) is 0 Å². The summed E-state index contributed by atoms with van der Waals surface area (Å²) in [4.78, 5) is 14.4. The van der Waals surface area contributed by atoms with Crippen LogP contribution in [0.4, 0.5) is 11.4 Å². The zero-order valence-corrected chi connectivity index (χ0v) is 12.3. The Bertz CT molecular complexity index is 430. The zero-order chi connectivity index (χ0) is 14.4. The number of hydrogen-bond acceptors (Lipinski definition) is 3. The monoisotopic (exact) mass is 275 g/mol. The smallest absolute Gasteiger partial charge is 0.225 e. The second-order valence-electron chi connectivity index (χ2n) is 5.65. The van der Waals surface area contributed by atoms with Crippen LogP contribution in [0.15, 0.2) is 24.3 Å². The summed E-state index contributed by atoms with van der Waals surface area (Å²) in [7, 11) is 0. The van der Waals surface area contributed by atoms with Gasteiger partial charge in [-0.05, 0) is 50.6 Å². The summed E-state index contributed by atoms with van der Waals surface area (Å²) in [5.41, 5.74) is 7.15. The van der Waals surface area contributed by atoms with Crippen LogP contribution in [-0.2, 0) is 4.79 Å². The maximum atomic E-state index is 12.0.